The summed E-state index contributed by atoms with van der Waals surface area (Å²) >= 11 is 7.25. The Balaban J connectivity index is 1.81. The SMILES string of the molecule is NNc1ccc(C(=O)Nc2nc3ccc(Cl)cc3s2)nn1. The molecular weight excluding hydrogens is 312 g/mol. The van der Waals surface area contributed by atoms with Gasteiger partial charge in [0.25, 0.3) is 5.91 Å². The van der Waals surface area contributed by atoms with Crippen molar-refractivity contribution in [2.24, 2.45) is 5.84 Å². The minimum atomic E-state index is -0.392. The topological polar surface area (TPSA) is 106 Å². The molecule has 4 N–H and O–H groups in total. The lowest BCUT2D eigenvalue weighted by Crippen LogP contribution is -2.15. The quantitative estimate of drug-likeness (QED) is 0.505. The molecule has 0 aliphatic rings. The number of amides is 1. The Bertz CT molecular complexity index is 803. The van der Waals surface area contributed by atoms with Gasteiger partial charge in [0, 0.05) is 5.02 Å². The summed E-state index contributed by atoms with van der Waals surface area (Å²) in [6.45, 7) is 0. The number of hydrazine groups is 1. The number of thiazole rings is 1. The smallest absolute Gasteiger partial charge is 0.277 e. The van der Waals surface area contributed by atoms with Crippen molar-refractivity contribution < 1.29 is 4.79 Å². The molecule has 0 spiro atoms. The van der Waals surface area contributed by atoms with Crippen molar-refractivity contribution in [2.75, 3.05) is 10.7 Å². The zero-order chi connectivity index (χ0) is 14.8. The van der Waals surface area contributed by atoms with Crippen LogP contribution in [0.15, 0.2) is 30.3 Å². The van der Waals surface area contributed by atoms with Crippen LogP contribution in [0.2, 0.25) is 5.02 Å². The third-order valence-electron chi connectivity index (χ3n) is 2.62. The van der Waals surface area contributed by atoms with E-state index in [1.165, 1.54) is 17.4 Å². The van der Waals surface area contributed by atoms with Crippen LogP contribution in [0.5, 0.6) is 0 Å². The van der Waals surface area contributed by atoms with Crippen molar-refractivity contribution >= 4 is 50.0 Å². The van der Waals surface area contributed by atoms with Gasteiger partial charge in [-0.15, -0.1) is 10.2 Å². The van der Waals surface area contributed by atoms with Crippen LogP contribution in [0.1, 0.15) is 10.5 Å². The van der Waals surface area contributed by atoms with Crippen LogP contribution < -0.4 is 16.6 Å². The number of halogens is 1. The molecule has 0 radical (unpaired) electrons. The van der Waals surface area contributed by atoms with Gasteiger partial charge in [-0.2, -0.15) is 0 Å². The minimum Gasteiger partial charge on any atom is -0.307 e. The van der Waals surface area contributed by atoms with Gasteiger partial charge in [-0.05, 0) is 30.3 Å². The number of nitrogen functional groups attached to an aromatic ring is 1. The van der Waals surface area contributed by atoms with E-state index in [2.05, 4.69) is 25.9 Å². The predicted molar refractivity (Wildman–Crippen MR) is 82.4 cm³/mol. The number of rotatable bonds is 3. The van der Waals surface area contributed by atoms with Gasteiger partial charge in [-0.3, -0.25) is 10.1 Å². The van der Waals surface area contributed by atoms with E-state index in [0.717, 1.165) is 10.2 Å². The largest absolute Gasteiger partial charge is 0.307 e. The molecule has 0 bridgehead atoms. The Morgan fingerprint density at radius 2 is 2.10 bits per heavy atom. The number of anilines is 2. The molecule has 0 unspecified atom stereocenters. The molecule has 1 amide bonds. The number of nitrogens with two attached hydrogens (primary N) is 1. The number of hydrogen-bond donors (Lipinski definition) is 3. The first-order chi connectivity index (χ1) is 10.2. The van der Waals surface area contributed by atoms with Gasteiger partial charge < -0.3 is 5.43 Å². The summed E-state index contributed by atoms with van der Waals surface area (Å²) in [5, 5.41) is 11.3. The van der Waals surface area contributed by atoms with Crippen molar-refractivity contribution in [1.82, 2.24) is 15.2 Å². The van der Waals surface area contributed by atoms with Crippen LogP contribution >= 0.6 is 22.9 Å². The van der Waals surface area contributed by atoms with Crippen molar-refractivity contribution in [2.45, 2.75) is 0 Å². The van der Waals surface area contributed by atoms with Crippen molar-refractivity contribution in [1.29, 1.82) is 0 Å². The molecule has 1 aromatic carbocycles. The maximum absolute atomic E-state index is 12.0. The number of hydrogen-bond acceptors (Lipinski definition) is 7. The van der Waals surface area contributed by atoms with Crippen LogP contribution in [0.25, 0.3) is 10.2 Å². The summed E-state index contributed by atoms with van der Waals surface area (Å²) in [6, 6.07) is 8.41. The molecule has 2 aromatic heterocycles. The number of carbonyl (C=O) groups excluding carboxylic acids is 1. The Kier molecular flexibility index (Phi) is 3.65. The maximum Gasteiger partial charge on any atom is 0.277 e. The molecule has 0 fully saturated rings. The molecule has 7 nitrogen and oxygen atoms in total. The highest BCUT2D eigenvalue weighted by atomic mass is 35.5. The molecule has 0 atom stereocenters. The first-order valence-electron chi connectivity index (χ1n) is 5.83. The lowest BCUT2D eigenvalue weighted by Gasteiger charge is -2.01. The van der Waals surface area contributed by atoms with E-state index in [9.17, 15) is 4.79 Å². The molecule has 0 aliphatic carbocycles. The lowest BCUT2D eigenvalue weighted by atomic mass is 10.3. The molecule has 3 rings (SSSR count). The summed E-state index contributed by atoms with van der Waals surface area (Å²) in [7, 11) is 0. The third kappa shape index (κ3) is 2.92. The molecule has 3 aromatic rings. The Morgan fingerprint density at radius 3 is 2.81 bits per heavy atom. The fraction of sp³-hybridized carbons (Fsp3) is 0. The summed E-state index contributed by atoms with van der Waals surface area (Å²) in [5.41, 5.74) is 3.28. The van der Waals surface area contributed by atoms with E-state index in [4.69, 9.17) is 17.4 Å². The van der Waals surface area contributed by atoms with Gasteiger partial charge in [-0.1, -0.05) is 22.9 Å². The van der Waals surface area contributed by atoms with E-state index in [-0.39, 0.29) is 5.69 Å². The summed E-state index contributed by atoms with van der Waals surface area (Å²) in [6.07, 6.45) is 0. The standard InChI is InChI=1S/C12H9ClN6OS/c13-6-1-2-7-9(5-6)21-12(15-7)16-11(20)8-3-4-10(17-14)19-18-8/h1-5H,14H2,(H,17,19)(H,15,16,20). The maximum atomic E-state index is 12.0. The molecule has 0 saturated carbocycles. The van der Waals surface area contributed by atoms with Crippen LogP contribution in [0.3, 0.4) is 0 Å². The van der Waals surface area contributed by atoms with E-state index >= 15 is 0 Å². The Hall–Kier alpha value is -2.29. The van der Waals surface area contributed by atoms with Crippen molar-refractivity contribution in [3.8, 4) is 0 Å². The zero-order valence-corrected chi connectivity index (χ0v) is 12.1. The van der Waals surface area contributed by atoms with Gasteiger partial charge in [0.05, 0.1) is 10.2 Å². The number of nitrogens with zero attached hydrogens (tertiary/aromatic N) is 3. The second-order valence-corrected chi connectivity index (χ2v) is 5.50. The zero-order valence-electron chi connectivity index (χ0n) is 10.5. The van der Waals surface area contributed by atoms with Gasteiger partial charge in [0.2, 0.25) is 0 Å². The van der Waals surface area contributed by atoms with E-state index in [0.29, 0.717) is 16.0 Å². The van der Waals surface area contributed by atoms with Gasteiger partial charge in [-0.25, -0.2) is 10.8 Å². The lowest BCUT2D eigenvalue weighted by molar-refractivity contribution is 0.102. The monoisotopic (exact) mass is 320 g/mol. The van der Waals surface area contributed by atoms with Gasteiger partial charge in [0.15, 0.2) is 16.6 Å². The molecule has 0 aliphatic heterocycles. The van der Waals surface area contributed by atoms with Crippen LogP contribution in [-0.4, -0.2) is 21.1 Å². The minimum absolute atomic E-state index is 0.172. The van der Waals surface area contributed by atoms with Gasteiger partial charge >= 0.3 is 0 Å². The summed E-state index contributed by atoms with van der Waals surface area (Å²) in [4.78, 5) is 16.3. The third-order valence-corrected chi connectivity index (χ3v) is 3.78. The summed E-state index contributed by atoms with van der Waals surface area (Å²) in [5.74, 6) is 5.17. The highest BCUT2D eigenvalue weighted by molar-refractivity contribution is 7.22. The van der Waals surface area contributed by atoms with E-state index < -0.39 is 5.91 Å². The Labute approximate surface area is 128 Å². The number of fused-ring (bicyclic) bond motifs is 1. The van der Waals surface area contributed by atoms with Crippen molar-refractivity contribution in [3.05, 3.63) is 41.0 Å². The van der Waals surface area contributed by atoms with Crippen LogP contribution in [0, 0.1) is 0 Å². The first-order valence-corrected chi connectivity index (χ1v) is 7.03. The molecule has 106 valence electrons. The van der Waals surface area contributed by atoms with Crippen LogP contribution in [-0.2, 0) is 0 Å². The molecular formula is C12H9ClN6OS. The van der Waals surface area contributed by atoms with E-state index in [1.807, 2.05) is 0 Å². The van der Waals surface area contributed by atoms with Gasteiger partial charge in [0.1, 0.15) is 0 Å². The molecule has 0 saturated heterocycles. The normalized spacial score (nSPS) is 10.6. The fourth-order valence-corrected chi connectivity index (χ4v) is 2.78. The first kappa shape index (κ1) is 13.7. The average Bonchev–Trinajstić information content (AvgIpc) is 2.88. The van der Waals surface area contributed by atoms with Crippen LogP contribution in [0.4, 0.5) is 10.9 Å². The number of aromatic nitrogens is 3. The molecule has 21 heavy (non-hydrogen) atoms. The number of nitrogens with one attached hydrogen (secondary N) is 2. The predicted octanol–water partition coefficient (Wildman–Crippen LogP) is 2.28. The molecule has 2 heterocycles. The number of benzene rings is 1. The second-order valence-electron chi connectivity index (χ2n) is 4.03. The number of carbonyl (C=O) groups is 1. The Morgan fingerprint density at radius 1 is 1.24 bits per heavy atom. The molecule has 9 heteroatoms. The van der Waals surface area contributed by atoms with Crippen molar-refractivity contribution in [3.63, 3.8) is 0 Å². The highest BCUT2D eigenvalue weighted by Crippen LogP contribution is 2.28. The second kappa shape index (κ2) is 5.60. The summed E-state index contributed by atoms with van der Waals surface area (Å²) < 4.78 is 0.895. The average molecular weight is 321 g/mol. The fourth-order valence-electron chi connectivity index (χ4n) is 1.64. The highest BCUT2D eigenvalue weighted by Gasteiger charge is 2.12. The van der Waals surface area contributed by atoms with E-state index in [1.54, 1.807) is 24.3 Å².